The molecule has 0 aliphatic heterocycles. The van der Waals surface area contributed by atoms with Crippen LogP contribution in [0.5, 0.6) is 5.75 Å². The van der Waals surface area contributed by atoms with Crippen LogP contribution in [-0.4, -0.2) is 13.0 Å². The van der Waals surface area contributed by atoms with Crippen molar-refractivity contribution in [1.29, 1.82) is 0 Å². The van der Waals surface area contributed by atoms with Crippen molar-refractivity contribution in [3.63, 3.8) is 0 Å². The standard InChI is InChI=1S/C17H18N2O2/c1-21-16-10-14(18)6-7-15(16)19-17(20)13-8-11-4-2-3-5-12(11)9-13/h2-7,10,13H,8-9,18H2,1H3,(H,19,20). The quantitative estimate of drug-likeness (QED) is 0.851. The first kappa shape index (κ1) is 13.5. The zero-order chi connectivity index (χ0) is 14.8. The molecule has 0 heterocycles. The Hall–Kier alpha value is -2.49. The largest absolute Gasteiger partial charge is 0.494 e. The van der Waals surface area contributed by atoms with E-state index in [2.05, 4.69) is 17.4 Å². The summed E-state index contributed by atoms with van der Waals surface area (Å²) in [5.74, 6) is 0.581. The van der Waals surface area contributed by atoms with Gasteiger partial charge in [-0.2, -0.15) is 0 Å². The molecule has 0 atom stereocenters. The van der Waals surface area contributed by atoms with Crippen LogP contribution < -0.4 is 15.8 Å². The van der Waals surface area contributed by atoms with Gasteiger partial charge < -0.3 is 15.8 Å². The average Bonchev–Trinajstić information content (AvgIpc) is 2.93. The van der Waals surface area contributed by atoms with Crippen LogP contribution in [0, 0.1) is 5.92 Å². The Labute approximate surface area is 123 Å². The summed E-state index contributed by atoms with van der Waals surface area (Å²) >= 11 is 0. The van der Waals surface area contributed by atoms with E-state index in [1.54, 1.807) is 25.3 Å². The van der Waals surface area contributed by atoms with Gasteiger partial charge in [0.05, 0.1) is 12.8 Å². The summed E-state index contributed by atoms with van der Waals surface area (Å²) in [5.41, 5.74) is 9.52. The number of hydrogen-bond acceptors (Lipinski definition) is 3. The third-order valence-electron chi connectivity index (χ3n) is 3.91. The van der Waals surface area contributed by atoms with Crippen LogP contribution >= 0.6 is 0 Å². The molecule has 21 heavy (non-hydrogen) atoms. The lowest BCUT2D eigenvalue weighted by atomic mass is 10.1. The molecule has 0 unspecified atom stereocenters. The van der Waals surface area contributed by atoms with Crippen LogP contribution in [0.2, 0.25) is 0 Å². The molecule has 1 aliphatic rings. The van der Waals surface area contributed by atoms with Crippen molar-refractivity contribution < 1.29 is 9.53 Å². The minimum Gasteiger partial charge on any atom is -0.494 e. The second kappa shape index (κ2) is 5.48. The number of benzene rings is 2. The molecule has 3 rings (SSSR count). The van der Waals surface area contributed by atoms with Gasteiger partial charge in [-0.15, -0.1) is 0 Å². The highest BCUT2D eigenvalue weighted by atomic mass is 16.5. The Morgan fingerprint density at radius 2 is 1.86 bits per heavy atom. The maximum absolute atomic E-state index is 12.4. The van der Waals surface area contributed by atoms with Crippen LogP contribution in [0.4, 0.5) is 11.4 Å². The fourth-order valence-electron chi connectivity index (χ4n) is 2.79. The molecule has 0 spiro atoms. The summed E-state index contributed by atoms with van der Waals surface area (Å²) in [4.78, 5) is 12.4. The van der Waals surface area contributed by atoms with Crippen molar-refractivity contribution in [2.45, 2.75) is 12.8 Å². The van der Waals surface area contributed by atoms with Gasteiger partial charge in [-0.25, -0.2) is 0 Å². The van der Waals surface area contributed by atoms with E-state index < -0.39 is 0 Å². The predicted octanol–water partition coefficient (Wildman–Crippen LogP) is 2.63. The number of nitrogens with one attached hydrogen (secondary N) is 1. The molecule has 0 aromatic heterocycles. The Balaban J connectivity index is 1.74. The summed E-state index contributed by atoms with van der Waals surface area (Å²) in [5, 5.41) is 2.95. The molecule has 0 saturated heterocycles. The van der Waals surface area contributed by atoms with E-state index in [9.17, 15) is 4.79 Å². The van der Waals surface area contributed by atoms with Crippen molar-refractivity contribution in [3.8, 4) is 5.75 Å². The number of carbonyl (C=O) groups excluding carboxylic acids is 1. The average molecular weight is 282 g/mol. The zero-order valence-electron chi connectivity index (χ0n) is 11.9. The third-order valence-corrected chi connectivity index (χ3v) is 3.91. The first-order chi connectivity index (χ1) is 10.2. The molecule has 1 aliphatic carbocycles. The smallest absolute Gasteiger partial charge is 0.228 e. The lowest BCUT2D eigenvalue weighted by Gasteiger charge is -2.13. The minimum absolute atomic E-state index is 0.0225. The van der Waals surface area contributed by atoms with Crippen molar-refractivity contribution >= 4 is 17.3 Å². The van der Waals surface area contributed by atoms with Gasteiger partial charge in [0, 0.05) is 17.7 Å². The van der Waals surface area contributed by atoms with Crippen molar-refractivity contribution in [3.05, 3.63) is 53.6 Å². The van der Waals surface area contributed by atoms with E-state index in [4.69, 9.17) is 10.5 Å². The number of rotatable bonds is 3. The maximum Gasteiger partial charge on any atom is 0.228 e. The van der Waals surface area contributed by atoms with E-state index in [1.165, 1.54) is 11.1 Å². The molecule has 2 aromatic rings. The van der Waals surface area contributed by atoms with Crippen LogP contribution in [-0.2, 0) is 17.6 Å². The topological polar surface area (TPSA) is 64.3 Å². The van der Waals surface area contributed by atoms with Crippen LogP contribution in [0.3, 0.4) is 0 Å². The van der Waals surface area contributed by atoms with Crippen molar-refractivity contribution in [1.82, 2.24) is 0 Å². The number of anilines is 2. The van der Waals surface area contributed by atoms with E-state index in [0.29, 0.717) is 17.1 Å². The molecule has 4 nitrogen and oxygen atoms in total. The highest BCUT2D eigenvalue weighted by Crippen LogP contribution is 2.30. The van der Waals surface area contributed by atoms with Gasteiger partial charge in [0.25, 0.3) is 0 Å². The number of hydrogen-bond donors (Lipinski definition) is 2. The summed E-state index contributed by atoms with van der Waals surface area (Å²) in [6.07, 6.45) is 1.58. The SMILES string of the molecule is COc1cc(N)ccc1NC(=O)C1Cc2ccccc2C1. The number of methoxy groups -OCH3 is 1. The maximum atomic E-state index is 12.4. The highest BCUT2D eigenvalue weighted by Gasteiger charge is 2.27. The normalized spacial score (nSPS) is 13.8. The van der Waals surface area contributed by atoms with Gasteiger partial charge in [-0.05, 0) is 36.1 Å². The zero-order valence-corrected chi connectivity index (χ0v) is 11.9. The third kappa shape index (κ3) is 2.70. The summed E-state index contributed by atoms with van der Waals surface area (Å²) < 4.78 is 5.26. The number of fused-ring (bicyclic) bond motifs is 1. The molecule has 0 saturated carbocycles. The van der Waals surface area contributed by atoms with Gasteiger partial charge in [0.1, 0.15) is 5.75 Å². The van der Waals surface area contributed by atoms with Crippen LogP contribution in [0.25, 0.3) is 0 Å². The van der Waals surface area contributed by atoms with Crippen LogP contribution in [0.15, 0.2) is 42.5 Å². The summed E-state index contributed by atoms with van der Waals surface area (Å²) in [6, 6.07) is 13.4. The minimum atomic E-state index is -0.0235. The number of ether oxygens (including phenoxy) is 1. The second-order valence-electron chi connectivity index (χ2n) is 5.32. The number of carbonyl (C=O) groups is 1. The molecule has 2 aromatic carbocycles. The highest BCUT2D eigenvalue weighted by molar-refractivity contribution is 5.95. The Morgan fingerprint density at radius 1 is 1.19 bits per heavy atom. The number of nitrogen functional groups attached to an aromatic ring is 1. The number of amides is 1. The Morgan fingerprint density at radius 3 is 2.48 bits per heavy atom. The molecule has 0 bridgehead atoms. The molecule has 1 amide bonds. The van der Waals surface area contributed by atoms with E-state index in [1.807, 2.05) is 12.1 Å². The lowest BCUT2D eigenvalue weighted by Crippen LogP contribution is -2.23. The molecule has 4 heteroatoms. The van der Waals surface area contributed by atoms with E-state index in [0.717, 1.165) is 12.8 Å². The fourth-order valence-corrected chi connectivity index (χ4v) is 2.79. The van der Waals surface area contributed by atoms with E-state index >= 15 is 0 Å². The van der Waals surface area contributed by atoms with Gasteiger partial charge >= 0.3 is 0 Å². The molecular formula is C17H18N2O2. The molecular weight excluding hydrogens is 264 g/mol. The van der Waals surface area contributed by atoms with E-state index in [-0.39, 0.29) is 11.8 Å². The molecule has 108 valence electrons. The number of nitrogens with two attached hydrogens (primary N) is 1. The predicted molar refractivity (Wildman–Crippen MR) is 83.4 cm³/mol. The van der Waals surface area contributed by atoms with Crippen molar-refractivity contribution in [2.75, 3.05) is 18.2 Å². The second-order valence-corrected chi connectivity index (χ2v) is 5.32. The first-order valence-corrected chi connectivity index (χ1v) is 6.98. The molecule has 0 radical (unpaired) electrons. The van der Waals surface area contributed by atoms with Gasteiger partial charge in [0.2, 0.25) is 5.91 Å². The van der Waals surface area contributed by atoms with Gasteiger partial charge in [0.15, 0.2) is 0 Å². The van der Waals surface area contributed by atoms with Crippen LogP contribution in [0.1, 0.15) is 11.1 Å². The van der Waals surface area contributed by atoms with Gasteiger partial charge in [-0.1, -0.05) is 24.3 Å². The summed E-state index contributed by atoms with van der Waals surface area (Å²) in [6.45, 7) is 0. The lowest BCUT2D eigenvalue weighted by molar-refractivity contribution is -0.119. The first-order valence-electron chi connectivity index (χ1n) is 6.98. The Kier molecular flexibility index (Phi) is 3.52. The monoisotopic (exact) mass is 282 g/mol. The molecule has 3 N–H and O–H groups in total. The Bertz CT molecular complexity index is 657. The molecule has 0 fully saturated rings. The van der Waals surface area contributed by atoms with Crippen molar-refractivity contribution in [2.24, 2.45) is 5.92 Å². The fraction of sp³-hybridized carbons (Fsp3) is 0.235. The van der Waals surface area contributed by atoms with Gasteiger partial charge in [-0.3, -0.25) is 4.79 Å². The summed E-state index contributed by atoms with van der Waals surface area (Å²) in [7, 11) is 1.57.